The molecule has 0 bridgehead atoms. The second kappa shape index (κ2) is 7.60. The first-order valence-corrected chi connectivity index (χ1v) is 10.2. The summed E-state index contributed by atoms with van der Waals surface area (Å²) in [6.07, 6.45) is -2.90. The van der Waals surface area contributed by atoms with E-state index in [0.29, 0.717) is 24.1 Å². The zero-order chi connectivity index (χ0) is 23.3. The molecule has 32 heavy (non-hydrogen) atoms. The van der Waals surface area contributed by atoms with Crippen molar-refractivity contribution in [2.75, 3.05) is 9.80 Å². The number of hydrogen-bond donors (Lipinski definition) is 1. The van der Waals surface area contributed by atoms with Crippen LogP contribution in [0.5, 0.6) is 0 Å². The molecule has 2 aliphatic rings. The van der Waals surface area contributed by atoms with Crippen molar-refractivity contribution in [2.24, 2.45) is 5.73 Å². The molecule has 2 aromatic rings. The molecule has 4 rings (SSSR count). The highest BCUT2D eigenvalue weighted by molar-refractivity contribution is 7.81. The minimum atomic E-state index is -4.75. The molecule has 1 saturated heterocycles. The van der Waals surface area contributed by atoms with E-state index in [4.69, 9.17) is 23.2 Å². The monoisotopic (exact) mass is 458 g/mol. The molecule has 1 heterocycles. The minimum absolute atomic E-state index is 0.0366. The number of anilines is 2. The van der Waals surface area contributed by atoms with Gasteiger partial charge in [-0.15, -0.1) is 0 Å². The number of amides is 2. The topological polar surface area (TPSA) is 90.4 Å². The van der Waals surface area contributed by atoms with E-state index in [1.165, 1.54) is 12.1 Å². The SMILES string of the molecule is N#Cc1ccc(N2C(=O)C3(CCC3)N(c3ccc(CC(N)=O)cc3)C2=S)cc1C(F)(F)F. The zero-order valence-electron chi connectivity index (χ0n) is 16.6. The Labute approximate surface area is 187 Å². The second-order valence-electron chi connectivity index (χ2n) is 7.79. The van der Waals surface area contributed by atoms with E-state index in [2.05, 4.69) is 0 Å². The highest BCUT2D eigenvalue weighted by Gasteiger charge is 2.59. The first-order valence-electron chi connectivity index (χ1n) is 9.76. The van der Waals surface area contributed by atoms with Crippen LogP contribution in [0.25, 0.3) is 0 Å². The molecule has 2 amide bonds. The molecule has 1 aliphatic heterocycles. The van der Waals surface area contributed by atoms with Crippen LogP contribution in [0.2, 0.25) is 0 Å². The van der Waals surface area contributed by atoms with Gasteiger partial charge in [0.15, 0.2) is 5.11 Å². The second-order valence-corrected chi connectivity index (χ2v) is 8.16. The molecule has 1 aliphatic carbocycles. The van der Waals surface area contributed by atoms with Gasteiger partial charge in [-0.05, 0) is 67.4 Å². The third kappa shape index (κ3) is 3.39. The predicted molar refractivity (Wildman–Crippen MR) is 115 cm³/mol. The van der Waals surface area contributed by atoms with Crippen molar-refractivity contribution in [1.82, 2.24) is 0 Å². The van der Waals surface area contributed by atoms with Crippen molar-refractivity contribution in [1.29, 1.82) is 5.26 Å². The number of nitrogens with zero attached hydrogens (tertiary/aromatic N) is 3. The molecular formula is C22H17F3N4O2S. The summed E-state index contributed by atoms with van der Waals surface area (Å²) in [6, 6.07) is 11.5. The average Bonchev–Trinajstić information content (AvgIpc) is 2.94. The van der Waals surface area contributed by atoms with Crippen LogP contribution in [0.15, 0.2) is 42.5 Å². The third-order valence-electron chi connectivity index (χ3n) is 5.85. The highest BCUT2D eigenvalue weighted by atomic mass is 32.1. The Morgan fingerprint density at radius 1 is 1.16 bits per heavy atom. The molecule has 2 aromatic carbocycles. The Hall–Kier alpha value is -3.45. The maximum absolute atomic E-state index is 13.5. The molecule has 164 valence electrons. The summed E-state index contributed by atoms with van der Waals surface area (Å²) in [6.45, 7) is 0. The summed E-state index contributed by atoms with van der Waals surface area (Å²) in [5.74, 6) is -0.875. The zero-order valence-corrected chi connectivity index (χ0v) is 17.5. The molecule has 1 saturated carbocycles. The predicted octanol–water partition coefficient (Wildman–Crippen LogP) is 3.67. The summed E-state index contributed by atoms with van der Waals surface area (Å²) in [4.78, 5) is 27.4. The van der Waals surface area contributed by atoms with Gasteiger partial charge < -0.3 is 10.6 Å². The van der Waals surface area contributed by atoms with Gasteiger partial charge in [0.05, 0.1) is 29.3 Å². The summed E-state index contributed by atoms with van der Waals surface area (Å²) >= 11 is 5.56. The van der Waals surface area contributed by atoms with E-state index in [-0.39, 0.29) is 17.2 Å². The van der Waals surface area contributed by atoms with Gasteiger partial charge >= 0.3 is 6.18 Å². The molecule has 2 fully saturated rings. The maximum Gasteiger partial charge on any atom is 0.417 e. The highest BCUT2D eigenvalue weighted by Crippen LogP contribution is 2.48. The Kier molecular flexibility index (Phi) is 5.17. The van der Waals surface area contributed by atoms with Gasteiger partial charge in [0, 0.05) is 5.69 Å². The normalized spacial score (nSPS) is 17.4. The van der Waals surface area contributed by atoms with E-state index < -0.39 is 34.7 Å². The minimum Gasteiger partial charge on any atom is -0.369 e. The number of hydrogen-bond acceptors (Lipinski definition) is 4. The van der Waals surface area contributed by atoms with Crippen LogP contribution in [0, 0.1) is 11.3 Å². The van der Waals surface area contributed by atoms with Crippen molar-refractivity contribution in [3.8, 4) is 6.07 Å². The lowest BCUT2D eigenvalue weighted by atomic mass is 9.75. The van der Waals surface area contributed by atoms with Crippen molar-refractivity contribution in [2.45, 2.75) is 37.4 Å². The van der Waals surface area contributed by atoms with Crippen LogP contribution in [-0.2, 0) is 22.2 Å². The summed E-state index contributed by atoms with van der Waals surface area (Å²) in [5, 5.41) is 9.11. The lowest BCUT2D eigenvalue weighted by Gasteiger charge is -2.43. The molecule has 10 heteroatoms. The van der Waals surface area contributed by atoms with E-state index in [1.54, 1.807) is 29.2 Å². The van der Waals surface area contributed by atoms with Gasteiger partial charge in [0.1, 0.15) is 5.54 Å². The fraction of sp³-hybridized carbons (Fsp3) is 0.273. The number of thiocarbonyl (C=S) groups is 1. The number of benzene rings is 2. The van der Waals surface area contributed by atoms with Crippen LogP contribution < -0.4 is 15.5 Å². The van der Waals surface area contributed by atoms with E-state index in [9.17, 15) is 22.8 Å². The van der Waals surface area contributed by atoms with E-state index in [1.807, 2.05) is 0 Å². The van der Waals surface area contributed by atoms with Gasteiger partial charge in [-0.3, -0.25) is 14.5 Å². The van der Waals surface area contributed by atoms with Crippen LogP contribution in [0.4, 0.5) is 24.5 Å². The summed E-state index contributed by atoms with van der Waals surface area (Å²) < 4.78 is 40.4. The van der Waals surface area contributed by atoms with Gasteiger partial charge in [-0.25, -0.2) is 0 Å². The molecule has 0 radical (unpaired) electrons. The Morgan fingerprint density at radius 2 is 1.78 bits per heavy atom. The first-order chi connectivity index (χ1) is 15.1. The number of alkyl halides is 3. The molecule has 1 spiro atoms. The molecule has 0 atom stereocenters. The summed E-state index contributed by atoms with van der Waals surface area (Å²) in [7, 11) is 0. The van der Waals surface area contributed by atoms with Crippen molar-refractivity contribution < 1.29 is 22.8 Å². The van der Waals surface area contributed by atoms with E-state index in [0.717, 1.165) is 23.5 Å². The lowest BCUT2D eigenvalue weighted by Crippen LogP contribution is -2.55. The first kappa shape index (κ1) is 21.8. The standard InChI is InChI=1S/C22H17F3N4O2S/c23-22(24,25)17-11-16(7-4-14(17)12-26)28-19(31)21(8-1-9-21)29(20(28)32)15-5-2-13(3-6-15)10-18(27)30/h2-7,11H,1,8-10H2,(H2,27,30). The molecule has 0 aromatic heterocycles. The number of primary amides is 1. The number of carbonyl (C=O) groups excluding carboxylic acids is 2. The van der Waals surface area contributed by atoms with Crippen molar-refractivity contribution >= 4 is 40.5 Å². The molecule has 0 unspecified atom stereocenters. The number of nitrogens with two attached hydrogens (primary N) is 1. The van der Waals surface area contributed by atoms with Gasteiger partial charge in [-0.2, -0.15) is 18.4 Å². The van der Waals surface area contributed by atoms with Gasteiger partial charge in [-0.1, -0.05) is 12.1 Å². The largest absolute Gasteiger partial charge is 0.417 e. The molecule has 2 N–H and O–H groups in total. The molecule has 6 nitrogen and oxygen atoms in total. The Morgan fingerprint density at radius 3 is 2.28 bits per heavy atom. The Bertz CT molecular complexity index is 1170. The summed E-state index contributed by atoms with van der Waals surface area (Å²) in [5.41, 5.74) is 3.87. The van der Waals surface area contributed by atoms with Crippen LogP contribution >= 0.6 is 12.2 Å². The lowest BCUT2D eigenvalue weighted by molar-refractivity contribution is -0.137. The maximum atomic E-state index is 13.5. The number of halogens is 3. The number of rotatable bonds is 4. The van der Waals surface area contributed by atoms with Crippen LogP contribution in [0.1, 0.15) is 36.0 Å². The fourth-order valence-corrected chi connectivity index (χ4v) is 4.64. The fourth-order valence-electron chi connectivity index (χ4n) is 4.18. The van der Waals surface area contributed by atoms with Crippen LogP contribution in [-0.4, -0.2) is 22.5 Å². The van der Waals surface area contributed by atoms with Gasteiger partial charge in [0.2, 0.25) is 5.91 Å². The Balaban J connectivity index is 1.76. The quantitative estimate of drug-likeness (QED) is 0.707. The number of carbonyl (C=O) groups is 2. The van der Waals surface area contributed by atoms with Crippen molar-refractivity contribution in [3.63, 3.8) is 0 Å². The average molecular weight is 458 g/mol. The smallest absolute Gasteiger partial charge is 0.369 e. The third-order valence-corrected chi connectivity index (χ3v) is 6.22. The van der Waals surface area contributed by atoms with Gasteiger partial charge in [0.25, 0.3) is 5.91 Å². The van der Waals surface area contributed by atoms with Crippen LogP contribution in [0.3, 0.4) is 0 Å². The number of nitriles is 1. The molecular weight excluding hydrogens is 441 g/mol. The van der Waals surface area contributed by atoms with E-state index >= 15 is 0 Å². The van der Waals surface area contributed by atoms with Crippen molar-refractivity contribution in [3.05, 3.63) is 59.2 Å².